The van der Waals surface area contributed by atoms with Gasteiger partial charge < -0.3 is 10.6 Å². The molecule has 0 aliphatic carbocycles. The van der Waals surface area contributed by atoms with Crippen LogP contribution in [0.1, 0.15) is 25.7 Å². The number of nitrogens with zero attached hydrogens (tertiary/aromatic N) is 1. The Balaban J connectivity index is 2.23. The molecule has 1 rings (SSSR count). The van der Waals surface area contributed by atoms with Gasteiger partial charge in [-0.25, -0.2) is 0 Å². The molecule has 0 unspecified atom stereocenters. The highest BCUT2D eigenvalue weighted by atomic mass is 16.2. The predicted molar refractivity (Wildman–Crippen MR) is 52.9 cm³/mol. The summed E-state index contributed by atoms with van der Waals surface area (Å²) in [6.45, 7) is 6.38. The molecular formula is C10H19N2O. The quantitative estimate of drug-likeness (QED) is 0.703. The molecule has 0 atom stereocenters. The van der Waals surface area contributed by atoms with Crippen molar-refractivity contribution >= 4 is 5.91 Å². The first-order chi connectivity index (χ1) is 6.24. The largest absolute Gasteiger partial charge is 0.343 e. The normalized spacial score (nSPS) is 19.1. The molecule has 1 saturated heterocycles. The van der Waals surface area contributed by atoms with Gasteiger partial charge in [-0.15, -0.1) is 0 Å². The van der Waals surface area contributed by atoms with E-state index >= 15 is 0 Å². The van der Waals surface area contributed by atoms with Gasteiger partial charge in [0.15, 0.2) is 0 Å². The van der Waals surface area contributed by atoms with Crippen LogP contribution < -0.4 is 5.73 Å². The van der Waals surface area contributed by atoms with Crippen LogP contribution in [0.3, 0.4) is 0 Å². The van der Waals surface area contributed by atoms with Crippen LogP contribution in [0.2, 0.25) is 0 Å². The Bertz CT molecular complexity index is 162. The van der Waals surface area contributed by atoms with Gasteiger partial charge in [0.05, 0.1) is 0 Å². The van der Waals surface area contributed by atoms with Crippen molar-refractivity contribution < 1.29 is 4.79 Å². The monoisotopic (exact) mass is 183 g/mol. The lowest BCUT2D eigenvalue weighted by molar-refractivity contribution is -0.132. The van der Waals surface area contributed by atoms with Crippen LogP contribution in [0.15, 0.2) is 0 Å². The highest BCUT2D eigenvalue weighted by Crippen LogP contribution is 2.16. The van der Waals surface area contributed by atoms with Crippen LogP contribution in [0, 0.1) is 12.8 Å². The summed E-state index contributed by atoms with van der Waals surface area (Å²) >= 11 is 0. The molecule has 0 aromatic rings. The van der Waals surface area contributed by atoms with E-state index < -0.39 is 0 Å². The van der Waals surface area contributed by atoms with E-state index in [0.29, 0.717) is 18.9 Å². The Labute approximate surface area is 80.3 Å². The van der Waals surface area contributed by atoms with Crippen molar-refractivity contribution in [2.75, 3.05) is 19.6 Å². The molecule has 13 heavy (non-hydrogen) atoms. The van der Waals surface area contributed by atoms with Gasteiger partial charge in [-0.05, 0) is 31.7 Å². The number of carbonyl (C=O) groups is 1. The number of piperidine rings is 1. The summed E-state index contributed by atoms with van der Waals surface area (Å²) < 4.78 is 0. The zero-order chi connectivity index (χ0) is 9.68. The van der Waals surface area contributed by atoms with Gasteiger partial charge in [-0.1, -0.05) is 6.92 Å². The van der Waals surface area contributed by atoms with E-state index in [1.54, 1.807) is 0 Å². The molecule has 1 aliphatic rings. The van der Waals surface area contributed by atoms with Gasteiger partial charge in [0.1, 0.15) is 0 Å². The number of rotatable bonds is 3. The lowest BCUT2D eigenvalue weighted by atomic mass is 9.99. The van der Waals surface area contributed by atoms with Crippen molar-refractivity contribution in [3.63, 3.8) is 0 Å². The minimum Gasteiger partial charge on any atom is -0.343 e. The van der Waals surface area contributed by atoms with E-state index in [-0.39, 0.29) is 5.91 Å². The standard InChI is InChI=1S/C10H19N2O/c1-9-4-7-12(8-5-9)10(13)3-2-6-11/h9H,1-8,11H2. The fraction of sp³-hybridized carbons (Fsp3) is 0.800. The van der Waals surface area contributed by atoms with Crippen molar-refractivity contribution in [2.45, 2.75) is 25.7 Å². The average molecular weight is 183 g/mol. The lowest BCUT2D eigenvalue weighted by Gasteiger charge is -2.30. The maximum atomic E-state index is 11.5. The van der Waals surface area contributed by atoms with E-state index in [2.05, 4.69) is 6.92 Å². The van der Waals surface area contributed by atoms with E-state index in [9.17, 15) is 4.79 Å². The second-order valence-electron chi connectivity index (χ2n) is 3.72. The number of carbonyl (C=O) groups excluding carboxylic acids is 1. The summed E-state index contributed by atoms with van der Waals surface area (Å²) in [6.07, 6.45) is 3.52. The van der Waals surface area contributed by atoms with Gasteiger partial charge in [-0.2, -0.15) is 0 Å². The van der Waals surface area contributed by atoms with Crippen molar-refractivity contribution in [3.05, 3.63) is 6.92 Å². The SMILES string of the molecule is [CH2]C1CCN(C(=O)CCCN)CC1. The van der Waals surface area contributed by atoms with Crippen molar-refractivity contribution in [2.24, 2.45) is 11.7 Å². The zero-order valence-corrected chi connectivity index (χ0v) is 8.17. The summed E-state index contributed by atoms with van der Waals surface area (Å²) in [7, 11) is 0. The smallest absolute Gasteiger partial charge is 0.222 e. The van der Waals surface area contributed by atoms with Gasteiger partial charge in [0, 0.05) is 19.5 Å². The lowest BCUT2D eigenvalue weighted by Crippen LogP contribution is -2.38. The zero-order valence-electron chi connectivity index (χ0n) is 8.17. The third kappa shape index (κ3) is 3.35. The Morgan fingerprint density at radius 3 is 2.62 bits per heavy atom. The van der Waals surface area contributed by atoms with Gasteiger partial charge >= 0.3 is 0 Å². The summed E-state index contributed by atoms with van der Waals surface area (Å²) in [4.78, 5) is 13.5. The van der Waals surface area contributed by atoms with Crippen LogP contribution in [0.4, 0.5) is 0 Å². The average Bonchev–Trinajstić information content (AvgIpc) is 2.15. The van der Waals surface area contributed by atoms with Crippen molar-refractivity contribution in [1.29, 1.82) is 0 Å². The van der Waals surface area contributed by atoms with Crippen LogP contribution >= 0.6 is 0 Å². The molecule has 1 amide bonds. The first kappa shape index (κ1) is 10.5. The molecule has 2 N–H and O–H groups in total. The Hall–Kier alpha value is -0.570. The summed E-state index contributed by atoms with van der Waals surface area (Å²) in [5.74, 6) is 0.802. The van der Waals surface area contributed by atoms with Gasteiger partial charge in [0.25, 0.3) is 0 Å². The number of hydrogen-bond acceptors (Lipinski definition) is 2. The van der Waals surface area contributed by atoms with E-state index in [1.807, 2.05) is 4.90 Å². The van der Waals surface area contributed by atoms with E-state index in [4.69, 9.17) is 5.73 Å². The molecule has 1 fully saturated rings. The number of likely N-dealkylation sites (tertiary alicyclic amines) is 1. The maximum Gasteiger partial charge on any atom is 0.222 e. The third-order valence-corrected chi connectivity index (χ3v) is 2.56. The minimum absolute atomic E-state index is 0.261. The molecule has 1 radical (unpaired) electrons. The molecule has 3 nitrogen and oxygen atoms in total. The first-order valence-corrected chi connectivity index (χ1v) is 5.05. The van der Waals surface area contributed by atoms with Gasteiger partial charge in [0.2, 0.25) is 5.91 Å². The summed E-state index contributed by atoms with van der Waals surface area (Å²) in [5, 5.41) is 0. The van der Waals surface area contributed by atoms with Crippen LogP contribution in [-0.2, 0) is 4.79 Å². The third-order valence-electron chi connectivity index (χ3n) is 2.56. The van der Waals surface area contributed by atoms with Crippen molar-refractivity contribution in [1.82, 2.24) is 4.90 Å². The molecule has 1 heterocycles. The summed E-state index contributed by atoms with van der Waals surface area (Å²) in [6, 6.07) is 0. The highest BCUT2D eigenvalue weighted by molar-refractivity contribution is 5.76. The molecule has 0 aromatic carbocycles. The molecule has 0 bridgehead atoms. The fourth-order valence-corrected chi connectivity index (χ4v) is 1.59. The second kappa shape index (κ2) is 5.22. The van der Waals surface area contributed by atoms with Crippen LogP contribution in [-0.4, -0.2) is 30.4 Å². The molecule has 0 aromatic heterocycles. The second-order valence-corrected chi connectivity index (χ2v) is 3.72. The number of nitrogens with two attached hydrogens (primary N) is 1. The predicted octanol–water partition coefficient (Wildman–Crippen LogP) is 0.798. The molecule has 3 heteroatoms. The summed E-state index contributed by atoms with van der Waals surface area (Å²) in [5.41, 5.74) is 5.35. The molecular weight excluding hydrogens is 164 g/mol. The molecule has 0 spiro atoms. The Kier molecular flexibility index (Phi) is 4.22. The van der Waals surface area contributed by atoms with Crippen LogP contribution in [0.25, 0.3) is 0 Å². The minimum atomic E-state index is 0.261. The number of amides is 1. The molecule has 75 valence electrons. The first-order valence-electron chi connectivity index (χ1n) is 5.05. The van der Waals surface area contributed by atoms with Crippen LogP contribution in [0.5, 0.6) is 0 Å². The molecule has 1 aliphatic heterocycles. The fourth-order valence-electron chi connectivity index (χ4n) is 1.59. The van der Waals surface area contributed by atoms with E-state index in [1.165, 1.54) is 0 Å². The highest BCUT2D eigenvalue weighted by Gasteiger charge is 2.19. The van der Waals surface area contributed by atoms with Gasteiger partial charge in [-0.3, -0.25) is 4.79 Å². The molecule has 0 saturated carbocycles. The Morgan fingerprint density at radius 2 is 2.08 bits per heavy atom. The Morgan fingerprint density at radius 1 is 1.46 bits per heavy atom. The van der Waals surface area contributed by atoms with Crippen molar-refractivity contribution in [3.8, 4) is 0 Å². The van der Waals surface area contributed by atoms with E-state index in [0.717, 1.165) is 32.4 Å². The number of hydrogen-bond donors (Lipinski definition) is 1. The maximum absolute atomic E-state index is 11.5. The topological polar surface area (TPSA) is 46.3 Å².